The molecule has 28 heavy (non-hydrogen) atoms. The molecule has 150 valence electrons. The Balaban J connectivity index is 1.42. The molecule has 0 saturated carbocycles. The number of carbonyl (C=O) groups excluding carboxylic acids is 1. The first-order valence-electron chi connectivity index (χ1n) is 9.77. The standard InChI is InChI=1S/C22H29N3O3/c1-17(3-4-18-5-9-20(26)10-6-18)23-22(27)25-15-13-24(14-16-25)19-7-11-21(28-2)12-8-19/h5-12,17,26H,3-4,13-16H2,1-2H3,(H,23,27). The highest BCUT2D eigenvalue weighted by atomic mass is 16.5. The largest absolute Gasteiger partial charge is 0.508 e. The van der Waals surface area contributed by atoms with E-state index in [1.165, 1.54) is 0 Å². The van der Waals surface area contributed by atoms with Gasteiger partial charge in [0.05, 0.1) is 7.11 Å². The Labute approximate surface area is 166 Å². The van der Waals surface area contributed by atoms with Crippen molar-refractivity contribution < 1.29 is 14.6 Å². The Kier molecular flexibility index (Phi) is 6.63. The number of urea groups is 1. The van der Waals surface area contributed by atoms with Crippen LogP contribution in [0.25, 0.3) is 0 Å². The van der Waals surface area contributed by atoms with Crippen LogP contribution < -0.4 is 15.0 Å². The number of carbonyl (C=O) groups is 1. The Hall–Kier alpha value is -2.89. The predicted molar refractivity (Wildman–Crippen MR) is 111 cm³/mol. The van der Waals surface area contributed by atoms with E-state index >= 15 is 0 Å². The maximum atomic E-state index is 12.5. The number of methoxy groups -OCH3 is 1. The van der Waals surface area contributed by atoms with Gasteiger partial charge in [-0.3, -0.25) is 0 Å². The number of nitrogens with zero attached hydrogens (tertiary/aromatic N) is 2. The zero-order valence-corrected chi connectivity index (χ0v) is 16.6. The summed E-state index contributed by atoms with van der Waals surface area (Å²) in [5, 5.41) is 12.4. The monoisotopic (exact) mass is 383 g/mol. The first-order valence-corrected chi connectivity index (χ1v) is 9.77. The van der Waals surface area contributed by atoms with Gasteiger partial charge in [0.15, 0.2) is 0 Å². The second-order valence-electron chi connectivity index (χ2n) is 7.23. The molecule has 0 aliphatic carbocycles. The van der Waals surface area contributed by atoms with Gasteiger partial charge in [0.1, 0.15) is 11.5 Å². The number of aromatic hydroxyl groups is 1. The van der Waals surface area contributed by atoms with Crippen molar-refractivity contribution in [3.8, 4) is 11.5 Å². The van der Waals surface area contributed by atoms with Crippen molar-refractivity contribution in [1.29, 1.82) is 0 Å². The number of piperazine rings is 1. The van der Waals surface area contributed by atoms with E-state index in [-0.39, 0.29) is 17.8 Å². The SMILES string of the molecule is COc1ccc(N2CCN(C(=O)NC(C)CCc3ccc(O)cc3)CC2)cc1. The molecule has 2 amide bonds. The highest BCUT2D eigenvalue weighted by Gasteiger charge is 2.22. The smallest absolute Gasteiger partial charge is 0.317 e. The van der Waals surface area contributed by atoms with Gasteiger partial charge in [-0.15, -0.1) is 0 Å². The van der Waals surface area contributed by atoms with Crippen LogP contribution >= 0.6 is 0 Å². The number of rotatable bonds is 6. The molecule has 6 heteroatoms. The summed E-state index contributed by atoms with van der Waals surface area (Å²) >= 11 is 0. The summed E-state index contributed by atoms with van der Waals surface area (Å²) in [6, 6.07) is 15.4. The number of phenolic OH excluding ortho intramolecular Hbond substituents is 1. The van der Waals surface area contributed by atoms with Gasteiger partial charge in [-0.2, -0.15) is 0 Å². The molecule has 3 rings (SSSR count). The second-order valence-corrected chi connectivity index (χ2v) is 7.23. The molecule has 1 aliphatic rings. The fourth-order valence-electron chi connectivity index (χ4n) is 3.38. The molecule has 2 N–H and O–H groups in total. The summed E-state index contributed by atoms with van der Waals surface area (Å²) in [6.45, 7) is 5.10. The second kappa shape index (κ2) is 9.35. The van der Waals surface area contributed by atoms with E-state index in [2.05, 4.69) is 22.3 Å². The number of amides is 2. The minimum Gasteiger partial charge on any atom is -0.508 e. The Bertz CT molecular complexity index is 754. The molecule has 0 spiro atoms. The first-order chi connectivity index (χ1) is 13.5. The fourth-order valence-corrected chi connectivity index (χ4v) is 3.38. The van der Waals surface area contributed by atoms with Crippen molar-refractivity contribution >= 4 is 11.7 Å². The third-order valence-corrected chi connectivity index (χ3v) is 5.18. The zero-order chi connectivity index (χ0) is 19.9. The van der Waals surface area contributed by atoms with E-state index < -0.39 is 0 Å². The van der Waals surface area contributed by atoms with Gasteiger partial charge in [0.2, 0.25) is 0 Å². The van der Waals surface area contributed by atoms with Crippen LogP contribution in [0.5, 0.6) is 11.5 Å². The number of phenols is 1. The Morgan fingerprint density at radius 2 is 1.71 bits per heavy atom. The molecule has 2 aromatic carbocycles. The van der Waals surface area contributed by atoms with Gasteiger partial charge in [-0.1, -0.05) is 12.1 Å². The molecule has 1 saturated heterocycles. The van der Waals surface area contributed by atoms with Gasteiger partial charge in [-0.25, -0.2) is 4.79 Å². The third kappa shape index (κ3) is 5.31. The van der Waals surface area contributed by atoms with Crippen LogP contribution in [0.1, 0.15) is 18.9 Å². The fraction of sp³-hybridized carbons (Fsp3) is 0.409. The van der Waals surface area contributed by atoms with Crippen LogP contribution in [-0.2, 0) is 6.42 Å². The van der Waals surface area contributed by atoms with Crippen molar-refractivity contribution in [2.24, 2.45) is 0 Å². The van der Waals surface area contributed by atoms with Gasteiger partial charge < -0.3 is 25.0 Å². The molecule has 0 aromatic heterocycles. The van der Waals surface area contributed by atoms with E-state index in [0.29, 0.717) is 13.1 Å². The summed E-state index contributed by atoms with van der Waals surface area (Å²) in [4.78, 5) is 16.7. The number of nitrogens with one attached hydrogen (secondary N) is 1. The topological polar surface area (TPSA) is 65.0 Å². The molecule has 0 bridgehead atoms. The lowest BCUT2D eigenvalue weighted by Crippen LogP contribution is -2.53. The molecule has 1 unspecified atom stereocenters. The molecular formula is C22H29N3O3. The van der Waals surface area contributed by atoms with E-state index in [0.717, 1.165) is 42.9 Å². The molecule has 2 aromatic rings. The van der Waals surface area contributed by atoms with E-state index in [1.54, 1.807) is 19.2 Å². The first kappa shape index (κ1) is 19.9. The molecule has 0 radical (unpaired) electrons. The summed E-state index contributed by atoms with van der Waals surface area (Å²) in [6.07, 6.45) is 1.73. The molecule has 1 aliphatic heterocycles. The van der Waals surface area contributed by atoms with Crippen LogP contribution in [0.2, 0.25) is 0 Å². The average Bonchev–Trinajstić information content (AvgIpc) is 2.73. The molecule has 1 fully saturated rings. The number of anilines is 1. The lowest BCUT2D eigenvalue weighted by atomic mass is 10.1. The minimum absolute atomic E-state index is 0.00703. The van der Waals surface area contributed by atoms with Gasteiger partial charge in [-0.05, 0) is 61.7 Å². The van der Waals surface area contributed by atoms with E-state index in [4.69, 9.17) is 4.74 Å². The summed E-state index contributed by atoms with van der Waals surface area (Å²) < 4.78 is 5.20. The highest BCUT2D eigenvalue weighted by Crippen LogP contribution is 2.20. The summed E-state index contributed by atoms with van der Waals surface area (Å²) in [5.41, 5.74) is 2.31. The molecular weight excluding hydrogens is 354 g/mol. The van der Waals surface area contributed by atoms with Crippen molar-refractivity contribution in [3.63, 3.8) is 0 Å². The van der Waals surface area contributed by atoms with Crippen LogP contribution in [0.4, 0.5) is 10.5 Å². The predicted octanol–water partition coefficient (Wildman–Crippen LogP) is 3.25. The number of aryl methyl sites for hydroxylation is 1. The quantitative estimate of drug-likeness (QED) is 0.804. The lowest BCUT2D eigenvalue weighted by Gasteiger charge is -2.36. The molecule has 1 atom stereocenters. The molecule has 1 heterocycles. The van der Waals surface area contributed by atoms with Crippen LogP contribution in [0.15, 0.2) is 48.5 Å². The summed E-state index contributed by atoms with van der Waals surface area (Å²) in [7, 11) is 1.66. The summed E-state index contributed by atoms with van der Waals surface area (Å²) in [5.74, 6) is 1.13. The van der Waals surface area contributed by atoms with Crippen molar-refractivity contribution in [3.05, 3.63) is 54.1 Å². The van der Waals surface area contributed by atoms with Crippen molar-refractivity contribution in [2.45, 2.75) is 25.8 Å². The highest BCUT2D eigenvalue weighted by molar-refractivity contribution is 5.75. The average molecular weight is 383 g/mol. The van der Waals surface area contributed by atoms with Crippen molar-refractivity contribution in [2.75, 3.05) is 38.2 Å². The molecule has 6 nitrogen and oxygen atoms in total. The Morgan fingerprint density at radius 1 is 1.07 bits per heavy atom. The lowest BCUT2D eigenvalue weighted by molar-refractivity contribution is 0.190. The normalized spacial score (nSPS) is 15.2. The maximum Gasteiger partial charge on any atom is 0.317 e. The van der Waals surface area contributed by atoms with E-state index in [9.17, 15) is 9.90 Å². The number of benzene rings is 2. The van der Waals surface area contributed by atoms with Crippen molar-refractivity contribution in [1.82, 2.24) is 10.2 Å². The number of hydrogen-bond acceptors (Lipinski definition) is 4. The maximum absolute atomic E-state index is 12.5. The van der Waals surface area contributed by atoms with Crippen LogP contribution in [-0.4, -0.2) is 55.4 Å². The number of ether oxygens (including phenoxy) is 1. The van der Waals surface area contributed by atoms with Gasteiger partial charge >= 0.3 is 6.03 Å². The van der Waals surface area contributed by atoms with E-state index in [1.807, 2.05) is 36.1 Å². The minimum atomic E-state index is 0.00703. The zero-order valence-electron chi connectivity index (χ0n) is 16.6. The number of hydrogen-bond donors (Lipinski definition) is 2. The van der Waals surface area contributed by atoms with Crippen LogP contribution in [0.3, 0.4) is 0 Å². The Morgan fingerprint density at radius 3 is 2.32 bits per heavy atom. The van der Waals surface area contributed by atoms with Crippen LogP contribution in [0, 0.1) is 0 Å². The van der Waals surface area contributed by atoms with Gasteiger partial charge in [0.25, 0.3) is 0 Å². The third-order valence-electron chi connectivity index (χ3n) is 5.18. The van der Waals surface area contributed by atoms with Gasteiger partial charge in [0, 0.05) is 37.9 Å².